The first-order chi connectivity index (χ1) is 11.1. The van der Waals surface area contributed by atoms with Gasteiger partial charge < -0.3 is 4.42 Å². The molecule has 118 valence electrons. The van der Waals surface area contributed by atoms with E-state index in [1.54, 1.807) is 17.1 Å². The van der Waals surface area contributed by atoms with Gasteiger partial charge in [0, 0.05) is 29.0 Å². The summed E-state index contributed by atoms with van der Waals surface area (Å²) in [5, 5.41) is 5.66. The molecule has 0 fully saturated rings. The lowest BCUT2D eigenvalue weighted by Gasteiger charge is -2.01. The van der Waals surface area contributed by atoms with Crippen molar-refractivity contribution in [1.82, 2.24) is 4.98 Å². The highest BCUT2D eigenvalue weighted by atomic mass is 32.2. The van der Waals surface area contributed by atoms with Gasteiger partial charge >= 0.3 is 0 Å². The maximum Gasteiger partial charge on any atom is 0.293 e. The molecule has 0 spiro atoms. The van der Waals surface area contributed by atoms with Crippen LogP contribution in [-0.4, -0.2) is 22.9 Å². The number of hydrogen-bond acceptors (Lipinski definition) is 6. The molecule has 0 radical (unpaired) electrons. The fourth-order valence-electron chi connectivity index (χ4n) is 2.22. The number of ketones is 1. The van der Waals surface area contributed by atoms with Crippen LogP contribution in [0.3, 0.4) is 0 Å². The van der Waals surface area contributed by atoms with Crippen LogP contribution in [0.1, 0.15) is 33.5 Å². The number of Topliss-reactive ketones (excluding diaryl/α,β-unsaturated/α-hetero) is 1. The molecule has 0 aliphatic rings. The van der Waals surface area contributed by atoms with Crippen molar-refractivity contribution < 1.29 is 14.0 Å². The number of benzene rings is 1. The van der Waals surface area contributed by atoms with Crippen molar-refractivity contribution in [3.63, 3.8) is 0 Å². The molecule has 2 heterocycles. The van der Waals surface area contributed by atoms with Crippen LogP contribution in [0.2, 0.25) is 0 Å². The van der Waals surface area contributed by atoms with Gasteiger partial charge in [0.25, 0.3) is 5.91 Å². The summed E-state index contributed by atoms with van der Waals surface area (Å²) in [6.07, 6.45) is 1.98. The Labute approximate surface area is 141 Å². The first-order valence-corrected chi connectivity index (χ1v) is 9.14. The molecule has 0 saturated heterocycles. The molecule has 0 atom stereocenters. The van der Waals surface area contributed by atoms with Crippen molar-refractivity contribution >= 4 is 50.9 Å². The Bertz CT molecular complexity index is 882. The van der Waals surface area contributed by atoms with Gasteiger partial charge in [-0.25, -0.2) is 4.98 Å². The van der Waals surface area contributed by atoms with Gasteiger partial charge in [0.1, 0.15) is 11.3 Å². The molecule has 7 heteroatoms. The monoisotopic (exact) mass is 346 g/mol. The van der Waals surface area contributed by atoms with E-state index in [4.69, 9.17) is 4.42 Å². The van der Waals surface area contributed by atoms with E-state index in [9.17, 15) is 9.59 Å². The van der Waals surface area contributed by atoms with E-state index < -0.39 is 0 Å². The predicted molar refractivity (Wildman–Crippen MR) is 93.5 cm³/mol. The van der Waals surface area contributed by atoms with Gasteiger partial charge in [-0.05, 0) is 12.3 Å². The number of nitrogens with one attached hydrogen (secondary N) is 1. The fourth-order valence-corrected chi connectivity index (χ4v) is 3.54. The molecule has 5 nitrogen and oxygen atoms in total. The van der Waals surface area contributed by atoms with E-state index in [0.717, 1.165) is 10.9 Å². The van der Waals surface area contributed by atoms with Gasteiger partial charge in [-0.15, -0.1) is 11.3 Å². The molecule has 0 aliphatic heterocycles. The Hall–Kier alpha value is -2.12. The van der Waals surface area contributed by atoms with Gasteiger partial charge in [-0.3, -0.25) is 14.9 Å². The molecule has 1 aromatic carbocycles. The third-order valence-corrected chi connectivity index (χ3v) is 4.61. The average Bonchev–Trinajstić information content (AvgIpc) is 3.13. The molecule has 1 amide bonds. The van der Waals surface area contributed by atoms with E-state index in [-0.39, 0.29) is 11.7 Å². The molecule has 3 aromatic rings. The topological polar surface area (TPSA) is 72.2 Å². The number of aromatic nitrogens is 1. The second kappa shape index (κ2) is 6.55. The number of anilines is 1. The van der Waals surface area contributed by atoms with Crippen LogP contribution in [0, 0.1) is 0 Å². The van der Waals surface area contributed by atoms with Gasteiger partial charge in [0.05, 0.1) is 0 Å². The molecule has 0 saturated carbocycles. The Kier molecular flexibility index (Phi) is 4.49. The summed E-state index contributed by atoms with van der Waals surface area (Å²) < 4.78 is 5.72. The first-order valence-electron chi connectivity index (χ1n) is 6.87. The quantitative estimate of drug-likeness (QED) is 0.701. The van der Waals surface area contributed by atoms with E-state index in [0.29, 0.717) is 27.9 Å². The van der Waals surface area contributed by atoms with Crippen molar-refractivity contribution in [2.75, 3.05) is 11.6 Å². The second-order valence-electron chi connectivity index (χ2n) is 4.89. The van der Waals surface area contributed by atoms with Crippen molar-refractivity contribution in [3.8, 4) is 0 Å². The molecule has 3 rings (SSSR count). The largest absolute Gasteiger partial charge is 0.451 e. The molecule has 23 heavy (non-hydrogen) atoms. The van der Waals surface area contributed by atoms with Crippen molar-refractivity contribution in [2.45, 2.75) is 12.7 Å². The Morgan fingerprint density at radius 3 is 2.83 bits per heavy atom. The zero-order chi connectivity index (χ0) is 16.4. The first kappa shape index (κ1) is 15.8. The number of carbonyl (C=O) groups excluding carboxylic acids is 2. The van der Waals surface area contributed by atoms with E-state index in [1.165, 1.54) is 18.3 Å². The SMILES string of the molecule is CSCc1c(C(=O)Nc2nc(C(C)=O)cs2)oc2ccccc12. The molecule has 0 unspecified atom stereocenters. The summed E-state index contributed by atoms with van der Waals surface area (Å²) >= 11 is 2.84. The minimum absolute atomic E-state index is 0.131. The number of amides is 1. The number of nitrogens with zero attached hydrogens (tertiary/aromatic N) is 1. The lowest BCUT2D eigenvalue weighted by atomic mass is 10.1. The molecule has 0 bridgehead atoms. The average molecular weight is 346 g/mol. The minimum atomic E-state index is -0.352. The summed E-state index contributed by atoms with van der Waals surface area (Å²) in [7, 11) is 0. The van der Waals surface area contributed by atoms with Crippen LogP contribution in [0.5, 0.6) is 0 Å². The Morgan fingerprint density at radius 2 is 2.13 bits per heavy atom. The molecule has 2 aromatic heterocycles. The standard InChI is InChI=1S/C16H14N2O3S2/c1-9(19)12-8-23-16(17-12)18-15(20)14-11(7-22-2)10-5-3-4-6-13(10)21-14/h3-6,8H,7H2,1-2H3,(H,17,18,20). The van der Waals surface area contributed by atoms with Crippen LogP contribution < -0.4 is 5.32 Å². The number of carbonyl (C=O) groups is 2. The zero-order valence-electron chi connectivity index (χ0n) is 12.6. The molecular weight excluding hydrogens is 332 g/mol. The molecule has 1 N–H and O–H groups in total. The smallest absolute Gasteiger partial charge is 0.293 e. The minimum Gasteiger partial charge on any atom is -0.451 e. The number of para-hydroxylation sites is 1. The van der Waals surface area contributed by atoms with Gasteiger partial charge in [-0.2, -0.15) is 11.8 Å². The van der Waals surface area contributed by atoms with Crippen LogP contribution in [-0.2, 0) is 5.75 Å². The van der Waals surface area contributed by atoms with Crippen LogP contribution in [0.15, 0.2) is 34.1 Å². The number of rotatable bonds is 5. The maximum absolute atomic E-state index is 12.5. The number of hydrogen-bond donors (Lipinski definition) is 1. The molecular formula is C16H14N2O3S2. The zero-order valence-corrected chi connectivity index (χ0v) is 14.2. The highest BCUT2D eigenvalue weighted by molar-refractivity contribution is 7.97. The highest BCUT2D eigenvalue weighted by Crippen LogP contribution is 2.29. The van der Waals surface area contributed by atoms with Gasteiger partial charge in [0.15, 0.2) is 16.7 Å². The maximum atomic E-state index is 12.5. The summed E-state index contributed by atoms with van der Waals surface area (Å²) in [6.45, 7) is 1.44. The van der Waals surface area contributed by atoms with E-state index >= 15 is 0 Å². The second-order valence-corrected chi connectivity index (χ2v) is 6.61. The normalized spacial score (nSPS) is 10.9. The predicted octanol–water partition coefficient (Wildman–Crippen LogP) is 4.21. The van der Waals surface area contributed by atoms with Crippen molar-refractivity contribution in [1.29, 1.82) is 0 Å². The van der Waals surface area contributed by atoms with Gasteiger partial charge in [-0.1, -0.05) is 18.2 Å². The highest BCUT2D eigenvalue weighted by Gasteiger charge is 2.21. The number of furan rings is 1. The number of thioether (sulfide) groups is 1. The fraction of sp³-hybridized carbons (Fsp3) is 0.188. The Morgan fingerprint density at radius 1 is 1.35 bits per heavy atom. The Balaban J connectivity index is 1.93. The third kappa shape index (κ3) is 3.16. The van der Waals surface area contributed by atoms with Gasteiger partial charge in [0.2, 0.25) is 0 Å². The number of thiazole rings is 1. The summed E-state index contributed by atoms with van der Waals surface area (Å²) in [5.41, 5.74) is 1.90. The number of fused-ring (bicyclic) bond motifs is 1. The van der Waals surface area contributed by atoms with Crippen molar-refractivity contribution in [2.24, 2.45) is 0 Å². The van der Waals surface area contributed by atoms with Crippen LogP contribution in [0.4, 0.5) is 5.13 Å². The third-order valence-electron chi connectivity index (χ3n) is 3.28. The molecule has 0 aliphatic carbocycles. The summed E-state index contributed by atoms with van der Waals surface area (Å²) in [4.78, 5) is 27.9. The van der Waals surface area contributed by atoms with E-state index in [1.807, 2.05) is 30.5 Å². The summed E-state index contributed by atoms with van der Waals surface area (Å²) in [6, 6.07) is 7.57. The van der Waals surface area contributed by atoms with Crippen LogP contribution >= 0.6 is 23.1 Å². The van der Waals surface area contributed by atoms with Crippen molar-refractivity contribution in [3.05, 3.63) is 46.7 Å². The lowest BCUT2D eigenvalue weighted by molar-refractivity contribution is 0.0991. The van der Waals surface area contributed by atoms with Crippen LogP contribution in [0.25, 0.3) is 11.0 Å². The van der Waals surface area contributed by atoms with E-state index in [2.05, 4.69) is 10.3 Å². The lowest BCUT2D eigenvalue weighted by Crippen LogP contribution is -2.12. The summed E-state index contributed by atoms with van der Waals surface area (Å²) in [5.74, 6) is 0.486.